The Balaban J connectivity index is 3.47. The summed E-state index contributed by atoms with van der Waals surface area (Å²) >= 11 is 0. The molecule has 4 nitrogen and oxygen atoms in total. The molecule has 0 heterocycles. The fraction of sp³-hybridized carbons (Fsp3) is 0.917. The number of amides is 1. The Morgan fingerprint density at radius 2 is 2.00 bits per heavy atom. The molecule has 1 atom stereocenters. The van der Waals surface area contributed by atoms with E-state index in [0.29, 0.717) is 13.0 Å². The average molecular weight is 229 g/mol. The van der Waals surface area contributed by atoms with Gasteiger partial charge < -0.3 is 16.0 Å². The third-order valence-electron chi connectivity index (χ3n) is 2.80. The molecule has 16 heavy (non-hydrogen) atoms. The third-order valence-corrected chi connectivity index (χ3v) is 2.80. The number of carbonyl (C=O) groups excluding carboxylic acids is 1. The Bertz CT molecular complexity index is 181. The van der Waals surface area contributed by atoms with Crippen molar-refractivity contribution in [3.05, 3.63) is 0 Å². The molecule has 0 aliphatic heterocycles. The topological polar surface area (TPSA) is 58.4 Å². The van der Waals surface area contributed by atoms with Crippen LogP contribution in [0.1, 0.15) is 33.6 Å². The number of rotatable bonds is 9. The first kappa shape index (κ1) is 15.4. The lowest BCUT2D eigenvalue weighted by Crippen LogP contribution is -2.31. The minimum absolute atomic E-state index is 0.123. The van der Waals surface area contributed by atoms with Crippen LogP contribution in [0.25, 0.3) is 0 Å². The predicted molar refractivity (Wildman–Crippen MR) is 68.3 cm³/mol. The van der Waals surface area contributed by atoms with Crippen molar-refractivity contribution in [1.29, 1.82) is 0 Å². The largest absolute Gasteiger partial charge is 0.356 e. The van der Waals surface area contributed by atoms with E-state index in [0.717, 1.165) is 32.6 Å². The van der Waals surface area contributed by atoms with Crippen LogP contribution in [0.3, 0.4) is 0 Å². The standard InChI is InChI=1S/C12H27N3O/c1-4-15(5-2)8-6-7-14-12(16)9-11(3)10-13/h11H,4-10,13H2,1-3H3,(H,14,16). The van der Waals surface area contributed by atoms with Crippen molar-refractivity contribution in [2.75, 3.05) is 32.7 Å². The quantitative estimate of drug-likeness (QED) is 0.576. The smallest absolute Gasteiger partial charge is 0.220 e. The molecular formula is C12H27N3O. The van der Waals surface area contributed by atoms with Gasteiger partial charge in [0, 0.05) is 13.0 Å². The summed E-state index contributed by atoms with van der Waals surface area (Å²) in [6.07, 6.45) is 1.56. The van der Waals surface area contributed by atoms with Gasteiger partial charge in [0.2, 0.25) is 5.91 Å². The van der Waals surface area contributed by atoms with Crippen LogP contribution < -0.4 is 11.1 Å². The van der Waals surface area contributed by atoms with E-state index in [2.05, 4.69) is 24.1 Å². The van der Waals surface area contributed by atoms with E-state index >= 15 is 0 Å². The van der Waals surface area contributed by atoms with Gasteiger partial charge in [-0.05, 0) is 38.5 Å². The molecule has 0 aromatic heterocycles. The van der Waals surface area contributed by atoms with Crippen LogP contribution in [-0.4, -0.2) is 43.5 Å². The van der Waals surface area contributed by atoms with Crippen molar-refractivity contribution < 1.29 is 4.79 Å². The molecule has 0 aromatic carbocycles. The third kappa shape index (κ3) is 7.65. The van der Waals surface area contributed by atoms with Gasteiger partial charge in [0.05, 0.1) is 0 Å². The highest BCUT2D eigenvalue weighted by Gasteiger charge is 2.06. The number of nitrogens with one attached hydrogen (secondary N) is 1. The van der Waals surface area contributed by atoms with Gasteiger partial charge in [-0.15, -0.1) is 0 Å². The number of hydrogen-bond acceptors (Lipinski definition) is 3. The summed E-state index contributed by atoms with van der Waals surface area (Å²) in [5, 5.41) is 2.93. The molecule has 0 radical (unpaired) electrons. The van der Waals surface area contributed by atoms with Crippen molar-refractivity contribution >= 4 is 5.91 Å². The van der Waals surface area contributed by atoms with Gasteiger partial charge in [0.1, 0.15) is 0 Å². The van der Waals surface area contributed by atoms with E-state index in [1.165, 1.54) is 0 Å². The average Bonchev–Trinajstić information content (AvgIpc) is 2.29. The minimum atomic E-state index is 0.123. The van der Waals surface area contributed by atoms with Crippen LogP contribution >= 0.6 is 0 Å². The zero-order valence-electron chi connectivity index (χ0n) is 11.0. The molecular weight excluding hydrogens is 202 g/mol. The number of hydrogen-bond donors (Lipinski definition) is 2. The van der Waals surface area contributed by atoms with Crippen LogP contribution in [0.4, 0.5) is 0 Å². The highest BCUT2D eigenvalue weighted by molar-refractivity contribution is 5.76. The van der Waals surface area contributed by atoms with E-state index in [-0.39, 0.29) is 11.8 Å². The van der Waals surface area contributed by atoms with Crippen molar-refractivity contribution in [2.45, 2.75) is 33.6 Å². The van der Waals surface area contributed by atoms with E-state index < -0.39 is 0 Å². The molecule has 0 spiro atoms. The molecule has 1 amide bonds. The summed E-state index contributed by atoms with van der Waals surface area (Å²) in [5.74, 6) is 0.403. The van der Waals surface area contributed by atoms with Gasteiger partial charge in [-0.3, -0.25) is 4.79 Å². The number of nitrogens with zero attached hydrogens (tertiary/aromatic N) is 1. The molecule has 0 saturated heterocycles. The monoisotopic (exact) mass is 229 g/mol. The normalized spacial score (nSPS) is 12.8. The van der Waals surface area contributed by atoms with E-state index in [4.69, 9.17) is 5.73 Å². The molecule has 4 heteroatoms. The SMILES string of the molecule is CCN(CC)CCCNC(=O)CC(C)CN. The maximum Gasteiger partial charge on any atom is 0.220 e. The van der Waals surface area contributed by atoms with Crippen molar-refractivity contribution in [3.63, 3.8) is 0 Å². The summed E-state index contributed by atoms with van der Waals surface area (Å²) in [6.45, 7) is 10.9. The molecule has 3 N–H and O–H groups in total. The summed E-state index contributed by atoms with van der Waals surface area (Å²) in [6, 6.07) is 0. The van der Waals surface area contributed by atoms with Crippen LogP contribution in [0.5, 0.6) is 0 Å². The van der Waals surface area contributed by atoms with Gasteiger partial charge in [0.25, 0.3) is 0 Å². The minimum Gasteiger partial charge on any atom is -0.356 e. The first-order chi connectivity index (χ1) is 7.63. The summed E-state index contributed by atoms with van der Waals surface area (Å²) in [7, 11) is 0. The zero-order valence-corrected chi connectivity index (χ0v) is 11.0. The highest BCUT2D eigenvalue weighted by atomic mass is 16.1. The Morgan fingerprint density at radius 3 is 2.50 bits per heavy atom. The molecule has 0 saturated carbocycles. The summed E-state index contributed by atoms with van der Waals surface area (Å²) < 4.78 is 0. The Labute approximate surface area is 99.6 Å². The lowest BCUT2D eigenvalue weighted by atomic mass is 10.1. The Hall–Kier alpha value is -0.610. The number of nitrogens with two attached hydrogens (primary N) is 1. The predicted octanol–water partition coefficient (Wildman–Crippen LogP) is 0.819. The second-order valence-corrected chi connectivity index (χ2v) is 4.28. The Morgan fingerprint density at radius 1 is 1.38 bits per heavy atom. The molecule has 0 rings (SSSR count). The van der Waals surface area contributed by atoms with E-state index in [1.807, 2.05) is 6.92 Å². The Kier molecular flexibility index (Phi) is 9.24. The van der Waals surface area contributed by atoms with E-state index in [1.54, 1.807) is 0 Å². The highest BCUT2D eigenvalue weighted by Crippen LogP contribution is 1.98. The van der Waals surface area contributed by atoms with Crippen LogP contribution in [-0.2, 0) is 4.79 Å². The maximum absolute atomic E-state index is 11.4. The molecule has 0 fully saturated rings. The van der Waals surface area contributed by atoms with Gasteiger partial charge in [-0.25, -0.2) is 0 Å². The fourth-order valence-electron chi connectivity index (χ4n) is 1.54. The molecule has 0 aliphatic rings. The molecule has 0 aliphatic carbocycles. The second kappa shape index (κ2) is 9.60. The molecule has 1 unspecified atom stereocenters. The van der Waals surface area contributed by atoms with Gasteiger partial charge in [-0.2, -0.15) is 0 Å². The fourth-order valence-corrected chi connectivity index (χ4v) is 1.54. The molecule has 0 bridgehead atoms. The second-order valence-electron chi connectivity index (χ2n) is 4.28. The first-order valence-corrected chi connectivity index (χ1v) is 6.33. The zero-order chi connectivity index (χ0) is 12.4. The maximum atomic E-state index is 11.4. The molecule has 0 aromatic rings. The van der Waals surface area contributed by atoms with Crippen LogP contribution in [0.15, 0.2) is 0 Å². The lowest BCUT2D eigenvalue weighted by molar-refractivity contribution is -0.121. The van der Waals surface area contributed by atoms with E-state index in [9.17, 15) is 4.79 Å². The number of carbonyl (C=O) groups is 1. The van der Waals surface area contributed by atoms with Gasteiger partial charge in [-0.1, -0.05) is 20.8 Å². The molecule has 96 valence electrons. The van der Waals surface area contributed by atoms with Crippen LogP contribution in [0, 0.1) is 5.92 Å². The van der Waals surface area contributed by atoms with Crippen LogP contribution in [0.2, 0.25) is 0 Å². The van der Waals surface area contributed by atoms with Crippen molar-refractivity contribution in [3.8, 4) is 0 Å². The lowest BCUT2D eigenvalue weighted by Gasteiger charge is -2.17. The van der Waals surface area contributed by atoms with Crippen molar-refractivity contribution in [1.82, 2.24) is 10.2 Å². The van der Waals surface area contributed by atoms with Crippen molar-refractivity contribution in [2.24, 2.45) is 11.7 Å². The summed E-state index contributed by atoms with van der Waals surface area (Å²) in [4.78, 5) is 13.8. The first-order valence-electron chi connectivity index (χ1n) is 6.33. The van der Waals surface area contributed by atoms with Gasteiger partial charge >= 0.3 is 0 Å². The van der Waals surface area contributed by atoms with Gasteiger partial charge in [0.15, 0.2) is 0 Å². The summed E-state index contributed by atoms with van der Waals surface area (Å²) in [5.41, 5.74) is 5.46.